The van der Waals surface area contributed by atoms with Gasteiger partial charge in [0.2, 0.25) is 10.3 Å². The molecule has 1 aliphatic heterocycles. The molecule has 9 heteroatoms. The highest BCUT2D eigenvalue weighted by molar-refractivity contribution is 7.99. The van der Waals surface area contributed by atoms with Crippen LogP contribution in [0.2, 0.25) is 0 Å². The van der Waals surface area contributed by atoms with Gasteiger partial charge in [-0.25, -0.2) is 4.79 Å². The maximum Gasteiger partial charge on any atom is 0.323 e. The molecule has 1 aromatic heterocycles. The number of nitrogens with one attached hydrogen (secondary N) is 1. The van der Waals surface area contributed by atoms with Gasteiger partial charge >= 0.3 is 12.0 Å². The highest BCUT2D eigenvalue weighted by atomic mass is 32.2. The summed E-state index contributed by atoms with van der Waals surface area (Å²) in [6.07, 6.45) is 0.960. The van der Waals surface area contributed by atoms with Crippen molar-refractivity contribution in [3.63, 3.8) is 0 Å². The Balaban J connectivity index is 1.53. The Kier molecular flexibility index (Phi) is 5.31. The summed E-state index contributed by atoms with van der Waals surface area (Å²) in [5.74, 6) is -1.15. The molecule has 126 valence electrons. The van der Waals surface area contributed by atoms with Gasteiger partial charge in [0.1, 0.15) is 0 Å². The van der Waals surface area contributed by atoms with Gasteiger partial charge in [-0.05, 0) is 36.7 Å². The number of carboxylic acid groups (broad SMARTS) is 1. The smallest absolute Gasteiger partial charge is 0.323 e. The number of benzene rings is 1. The molecule has 1 saturated heterocycles. The van der Waals surface area contributed by atoms with Gasteiger partial charge in [-0.15, -0.1) is 0 Å². The predicted molar refractivity (Wildman–Crippen MR) is 91.4 cm³/mol. The second-order valence-electron chi connectivity index (χ2n) is 5.33. The lowest BCUT2D eigenvalue weighted by Gasteiger charge is -2.29. The molecule has 2 amide bonds. The second kappa shape index (κ2) is 7.63. The number of amides is 2. The summed E-state index contributed by atoms with van der Waals surface area (Å²) in [6.45, 7) is 0.875. The Bertz CT molecular complexity index is 715. The molecule has 0 atom stereocenters. The largest absolute Gasteiger partial charge is 0.481 e. The summed E-state index contributed by atoms with van der Waals surface area (Å²) in [5, 5.41) is 12.7. The SMILES string of the molecule is O=C(O)C1CCN(C(=O)Nc2nc(Sc3ccccc3)ns2)CC1. The Hall–Kier alpha value is -2.13. The van der Waals surface area contributed by atoms with Gasteiger partial charge in [0.25, 0.3) is 0 Å². The molecule has 0 aliphatic carbocycles. The molecule has 2 heterocycles. The first-order valence-electron chi connectivity index (χ1n) is 7.47. The van der Waals surface area contributed by atoms with Gasteiger partial charge in [-0.2, -0.15) is 9.36 Å². The Morgan fingerprint density at radius 3 is 2.62 bits per heavy atom. The molecule has 1 aliphatic rings. The minimum Gasteiger partial charge on any atom is -0.481 e. The van der Waals surface area contributed by atoms with Crippen molar-refractivity contribution in [2.75, 3.05) is 18.4 Å². The van der Waals surface area contributed by atoms with Crippen LogP contribution in [0, 0.1) is 5.92 Å². The summed E-state index contributed by atoms with van der Waals surface area (Å²) in [4.78, 5) is 30.1. The number of carbonyl (C=O) groups is 2. The van der Waals surface area contributed by atoms with Gasteiger partial charge in [-0.1, -0.05) is 18.2 Å². The average Bonchev–Trinajstić information content (AvgIpc) is 3.02. The number of aromatic nitrogens is 2. The van der Waals surface area contributed by atoms with Gasteiger partial charge < -0.3 is 10.0 Å². The zero-order valence-corrected chi connectivity index (χ0v) is 14.3. The van der Waals surface area contributed by atoms with Crippen molar-refractivity contribution in [2.24, 2.45) is 5.92 Å². The molecular weight excluding hydrogens is 348 g/mol. The monoisotopic (exact) mass is 364 g/mol. The van der Waals surface area contributed by atoms with Crippen molar-refractivity contribution in [3.05, 3.63) is 30.3 Å². The van der Waals surface area contributed by atoms with Crippen LogP contribution in [0.15, 0.2) is 40.4 Å². The third kappa shape index (κ3) is 4.24. The quantitative estimate of drug-likeness (QED) is 0.866. The number of anilines is 1. The van der Waals surface area contributed by atoms with E-state index in [1.165, 1.54) is 11.8 Å². The molecule has 0 saturated carbocycles. The van der Waals surface area contributed by atoms with E-state index in [1.54, 1.807) is 4.90 Å². The van der Waals surface area contributed by atoms with Crippen molar-refractivity contribution in [1.29, 1.82) is 0 Å². The molecular formula is C15H16N4O3S2. The minimum atomic E-state index is -0.790. The lowest BCUT2D eigenvalue weighted by atomic mass is 9.97. The number of likely N-dealkylation sites (tertiary alicyclic amines) is 1. The van der Waals surface area contributed by atoms with Gasteiger partial charge in [0, 0.05) is 29.5 Å². The fourth-order valence-corrected chi connectivity index (χ4v) is 3.82. The van der Waals surface area contributed by atoms with E-state index in [-0.39, 0.29) is 11.9 Å². The fraction of sp³-hybridized carbons (Fsp3) is 0.333. The first-order chi connectivity index (χ1) is 11.6. The van der Waals surface area contributed by atoms with Crippen LogP contribution in [0.3, 0.4) is 0 Å². The van der Waals surface area contributed by atoms with Crippen LogP contribution < -0.4 is 5.32 Å². The first kappa shape index (κ1) is 16.7. The average molecular weight is 364 g/mol. The molecule has 24 heavy (non-hydrogen) atoms. The molecule has 0 unspecified atom stereocenters. The third-order valence-electron chi connectivity index (χ3n) is 3.71. The molecule has 1 aromatic carbocycles. The topological polar surface area (TPSA) is 95.4 Å². The second-order valence-corrected chi connectivity index (χ2v) is 7.12. The van der Waals surface area contributed by atoms with E-state index in [1.807, 2.05) is 30.3 Å². The van der Waals surface area contributed by atoms with Gasteiger partial charge in [-0.3, -0.25) is 10.1 Å². The number of hydrogen-bond acceptors (Lipinski definition) is 6. The summed E-state index contributed by atoms with van der Waals surface area (Å²) < 4.78 is 4.23. The molecule has 1 fully saturated rings. The highest BCUT2D eigenvalue weighted by Gasteiger charge is 2.27. The van der Waals surface area contributed by atoms with Crippen molar-refractivity contribution in [3.8, 4) is 0 Å². The van der Waals surface area contributed by atoms with E-state index >= 15 is 0 Å². The van der Waals surface area contributed by atoms with E-state index in [9.17, 15) is 9.59 Å². The summed E-state index contributed by atoms with van der Waals surface area (Å²) in [7, 11) is 0. The Labute approximate surface area is 147 Å². The molecule has 2 N–H and O–H groups in total. The number of urea groups is 1. The minimum absolute atomic E-state index is 0.258. The number of aliphatic carboxylic acids is 1. The van der Waals surface area contributed by atoms with Crippen LogP contribution in [-0.2, 0) is 4.79 Å². The Morgan fingerprint density at radius 2 is 1.96 bits per heavy atom. The van der Waals surface area contributed by atoms with Crippen LogP contribution >= 0.6 is 23.3 Å². The van der Waals surface area contributed by atoms with Gasteiger partial charge in [0.15, 0.2) is 0 Å². The molecule has 7 nitrogen and oxygen atoms in total. The lowest BCUT2D eigenvalue weighted by Crippen LogP contribution is -2.42. The van der Waals surface area contributed by atoms with Crippen molar-refractivity contribution >= 4 is 40.4 Å². The van der Waals surface area contributed by atoms with Gasteiger partial charge in [0.05, 0.1) is 5.92 Å². The summed E-state index contributed by atoms with van der Waals surface area (Å²) in [5.41, 5.74) is 0. The van der Waals surface area contributed by atoms with Crippen molar-refractivity contribution in [2.45, 2.75) is 22.9 Å². The number of carbonyl (C=O) groups excluding carboxylic acids is 1. The fourth-order valence-electron chi connectivity index (χ4n) is 2.40. The normalized spacial score (nSPS) is 15.2. The number of rotatable bonds is 4. The van der Waals surface area contributed by atoms with Crippen molar-refractivity contribution < 1.29 is 14.7 Å². The number of piperidine rings is 1. The third-order valence-corrected chi connectivity index (χ3v) is 5.32. The number of hydrogen-bond donors (Lipinski definition) is 2. The van der Waals surface area contributed by atoms with E-state index in [0.717, 1.165) is 16.4 Å². The van der Waals surface area contributed by atoms with E-state index in [4.69, 9.17) is 5.11 Å². The van der Waals surface area contributed by atoms with E-state index in [2.05, 4.69) is 14.7 Å². The molecule has 3 rings (SSSR count). The van der Waals surface area contributed by atoms with Crippen LogP contribution in [0.4, 0.5) is 9.93 Å². The van der Waals surface area contributed by atoms with Crippen LogP contribution in [0.5, 0.6) is 0 Å². The maximum atomic E-state index is 12.2. The highest BCUT2D eigenvalue weighted by Crippen LogP contribution is 2.27. The number of carboxylic acids is 1. The summed E-state index contributed by atoms with van der Waals surface area (Å²) >= 11 is 2.56. The summed E-state index contributed by atoms with van der Waals surface area (Å²) in [6, 6.07) is 9.51. The molecule has 0 radical (unpaired) electrons. The maximum absolute atomic E-state index is 12.2. The zero-order chi connectivity index (χ0) is 16.9. The van der Waals surface area contributed by atoms with E-state index < -0.39 is 5.97 Å². The van der Waals surface area contributed by atoms with E-state index in [0.29, 0.717) is 36.2 Å². The predicted octanol–water partition coefficient (Wildman–Crippen LogP) is 3.02. The van der Waals surface area contributed by atoms with Crippen LogP contribution in [-0.4, -0.2) is 44.5 Å². The van der Waals surface area contributed by atoms with Crippen LogP contribution in [0.1, 0.15) is 12.8 Å². The molecule has 2 aromatic rings. The standard InChI is InChI=1S/C15H16N4O3S2/c20-12(21)10-6-8-19(9-7-10)15(22)17-13-16-14(18-24-13)23-11-4-2-1-3-5-11/h1-5,10H,6-9H2,(H,20,21)(H,16,17,18,22). The molecule has 0 bridgehead atoms. The lowest BCUT2D eigenvalue weighted by molar-refractivity contribution is -0.143. The van der Waals surface area contributed by atoms with Crippen LogP contribution in [0.25, 0.3) is 0 Å². The number of nitrogens with zero attached hydrogens (tertiary/aromatic N) is 3. The zero-order valence-electron chi connectivity index (χ0n) is 12.7. The Morgan fingerprint density at radius 1 is 1.25 bits per heavy atom. The molecule has 0 spiro atoms. The first-order valence-corrected chi connectivity index (χ1v) is 9.06. The van der Waals surface area contributed by atoms with Crippen molar-refractivity contribution in [1.82, 2.24) is 14.3 Å².